The summed E-state index contributed by atoms with van der Waals surface area (Å²) < 4.78 is 19.9. The third kappa shape index (κ3) is 5.14. The summed E-state index contributed by atoms with van der Waals surface area (Å²) >= 11 is 5.77. The number of benzene rings is 1. The van der Waals surface area contributed by atoms with E-state index in [2.05, 4.69) is 9.97 Å². The monoisotopic (exact) mass is 377 g/mol. The molecular formula is C19H21ClFN3O2. The molecule has 26 heavy (non-hydrogen) atoms. The standard InChI is InChI=1S/C19H21ClFN3O2/c20-14-4-3-13(16(21)11-14)10-18-23-8-7-19(24-18)26-15-5-1-12(2-6-15)9-17(22)25/h3-4,7-8,11-12,15H,1-2,5-6,9-10H2,(H2,22,25). The van der Waals surface area contributed by atoms with E-state index in [1.54, 1.807) is 24.4 Å². The maximum Gasteiger partial charge on any atom is 0.217 e. The second-order valence-electron chi connectivity index (χ2n) is 6.65. The molecule has 3 rings (SSSR count). The fourth-order valence-electron chi connectivity index (χ4n) is 3.28. The molecule has 1 heterocycles. The Morgan fingerprint density at radius 3 is 2.73 bits per heavy atom. The number of nitrogens with two attached hydrogens (primary N) is 1. The highest BCUT2D eigenvalue weighted by atomic mass is 35.5. The molecule has 0 radical (unpaired) electrons. The van der Waals surface area contributed by atoms with Gasteiger partial charge in [-0.3, -0.25) is 4.79 Å². The van der Waals surface area contributed by atoms with E-state index in [0.717, 1.165) is 25.7 Å². The molecule has 2 N–H and O–H groups in total. The van der Waals surface area contributed by atoms with Crippen LogP contribution in [0.5, 0.6) is 5.88 Å². The summed E-state index contributed by atoms with van der Waals surface area (Å²) in [5.74, 6) is 0.708. The predicted octanol–water partition coefficient (Wildman–Crippen LogP) is 3.67. The van der Waals surface area contributed by atoms with Crippen molar-refractivity contribution in [3.05, 3.63) is 52.7 Å². The Morgan fingerprint density at radius 1 is 1.27 bits per heavy atom. The van der Waals surface area contributed by atoms with Gasteiger partial charge in [0.05, 0.1) is 0 Å². The molecule has 0 spiro atoms. The van der Waals surface area contributed by atoms with Gasteiger partial charge in [0.15, 0.2) is 0 Å². The summed E-state index contributed by atoms with van der Waals surface area (Å²) in [6.45, 7) is 0. The Balaban J connectivity index is 1.59. The van der Waals surface area contributed by atoms with Gasteiger partial charge >= 0.3 is 0 Å². The lowest BCUT2D eigenvalue weighted by Gasteiger charge is -2.28. The average Bonchev–Trinajstić information content (AvgIpc) is 2.59. The molecule has 7 heteroatoms. The Morgan fingerprint density at radius 2 is 2.04 bits per heavy atom. The number of carbonyl (C=O) groups excluding carboxylic acids is 1. The van der Waals surface area contributed by atoms with Crippen LogP contribution in [0.3, 0.4) is 0 Å². The second kappa shape index (κ2) is 8.45. The van der Waals surface area contributed by atoms with Crippen molar-refractivity contribution >= 4 is 17.5 Å². The lowest BCUT2D eigenvalue weighted by atomic mass is 9.85. The van der Waals surface area contributed by atoms with Crippen molar-refractivity contribution in [2.45, 2.75) is 44.6 Å². The molecule has 0 bridgehead atoms. The summed E-state index contributed by atoms with van der Waals surface area (Å²) in [4.78, 5) is 19.6. The van der Waals surface area contributed by atoms with Crippen molar-refractivity contribution < 1.29 is 13.9 Å². The van der Waals surface area contributed by atoms with Crippen molar-refractivity contribution in [3.63, 3.8) is 0 Å². The van der Waals surface area contributed by atoms with Crippen molar-refractivity contribution in [2.75, 3.05) is 0 Å². The Kier molecular flexibility index (Phi) is 6.04. The Labute approximate surface area is 156 Å². The maximum atomic E-state index is 13.9. The average molecular weight is 378 g/mol. The molecule has 2 aromatic rings. The van der Waals surface area contributed by atoms with Crippen LogP contribution >= 0.6 is 11.6 Å². The quantitative estimate of drug-likeness (QED) is 0.833. The van der Waals surface area contributed by atoms with Crippen molar-refractivity contribution in [1.82, 2.24) is 9.97 Å². The molecule has 0 saturated heterocycles. The van der Waals surface area contributed by atoms with E-state index in [1.807, 2.05) is 0 Å². The number of hydrogen-bond acceptors (Lipinski definition) is 4. The summed E-state index contributed by atoms with van der Waals surface area (Å²) in [5.41, 5.74) is 5.74. The fourth-order valence-corrected chi connectivity index (χ4v) is 3.43. The zero-order chi connectivity index (χ0) is 18.5. The molecule has 1 fully saturated rings. The van der Waals surface area contributed by atoms with Crippen LogP contribution in [0.1, 0.15) is 43.5 Å². The van der Waals surface area contributed by atoms with Crippen LogP contribution in [0.25, 0.3) is 0 Å². The van der Waals surface area contributed by atoms with E-state index in [-0.39, 0.29) is 24.2 Å². The van der Waals surface area contributed by atoms with Crippen molar-refractivity contribution in [3.8, 4) is 5.88 Å². The van der Waals surface area contributed by atoms with Crippen LogP contribution < -0.4 is 10.5 Å². The van der Waals surface area contributed by atoms with Gasteiger partial charge in [-0.25, -0.2) is 9.37 Å². The van der Waals surface area contributed by atoms with Gasteiger partial charge in [0.25, 0.3) is 0 Å². The van der Waals surface area contributed by atoms with Crippen LogP contribution in [0.4, 0.5) is 4.39 Å². The largest absolute Gasteiger partial charge is 0.474 e. The summed E-state index contributed by atoms with van der Waals surface area (Å²) in [5, 5.41) is 0.358. The minimum Gasteiger partial charge on any atom is -0.474 e. The van der Waals surface area contributed by atoms with Gasteiger partial charge in [-0.1, -0.05) is 17.7 Å². The van der Waals surface area contributed by atoms with E-state index < -0.39 is 0 Å². The molecule has 1 aromatic carbocycles. The number of aromatic nitrogens is 2. The maximum absolute atomic E-state index is 13.9. The van der Waals surface area contributed by atoms with Gasteiger partial charge < -0.3 is 10.5 Å². The number of halogens is 2. The van der Waals surface area contributed by atoms with E-state index in [4.69, 9.17) is 22.1 Å². The van der Waals surface area contributed by atoms with Gasteiger partial charge in [-0.2, -0.15) is 4.98 Å². The van der Waals surface area contributed by atoms with Crippen LogP contribution in [0.2, 0.25) is 5.02 Å². The second-order valence-corrected chi connectivity index (χ2v) is 7.09. The number of carbonyl (C=O) groups is 1. The van der Waals surface area contributed by atoms with E-state index in [0.29, 0.717) is 34.6 Å². The SMILES string of the molecule is NC(=O)CC1CCC(Oc2ccnc(Cc3ccc(Cl)cc3F)n2)CC1. The highest BCUT2D eigenvalue weighted by molar-refractivity contribution is 6.30. The van der Waals surface area contributed by atoms with Crippen LogP contribution in [0, 0.1) is 11.7 Å². The number of primary amides is 1. The zero-order valence-electron chi connectivity index (χ0n) is 14.3. The summed E-state index contributed by atoms with van der Waals surface area (Å²) in [7, 11) is 0. The minimum atomic E-state index is -0.375. The number of nitrogens with zero attached hydrogens (tertiary/aromatic N) is 2. The van der Waals surface area contributed by atoms with E-state index in [9.17, 15) is 9.18 Å². The number of amides is 1. The molecular weight excluding hydrogens is 357 g/mol. The first-order valence-corrected chi connectivity index (χ1v) is 9.08. The molecule has 1 aliphatic rings. The molecule has 5 nitrogen and oxygen atoms in total. The van der Waals surface area contributed by atoms with Crippen LogP contribution in [0.15, 0.2) is 30.5 Å². The van der Waals surface area contributed by atoms with Gasteiger partial charge in [-0.15, -0.1) is 0 Å². The lowest BCUT2D eigenvalue weighted by molar-refractivity contribution is -0.119. The lowest BCUT2D eigenvalue weighted by Crippen LogP contribution is -2.27. The van der Waals surface area contributed by atoms with Crippen LogP contribution in [-0.4, -0.2) is 22.0 Å². The molecule has 1 amide bonds. The molecule has 0 aliphatic heterocycles. The third-order valence-corrected chi connectivity index (χ3v) is 4.85. The minimum absolute atomic E-state index is 0.0640. The van der Waals surface area contributed by atoms with Crippen molar-refractivity contribution in [2.24, 2.45) is 11.7 Å². The number of hydrogen-bond donors (Lipinski definition) is 1. The molecule has 0 unspecified atom stereocenters. The Hall–Kier alpha value is -2.21. The third-order valence-electron chi connectivity index (χ3n) is 4.61. The van der Waals surface area contributed by atoms with Gasteiger partial charge in [0, 0.05) is 30.1 Å². The van der Waals surface area contributed by atoms with E-state index >= 15 is 0 Å². The fraction of sp³-hybridized carbons (Fsp3) is 0.421. The first kappa shape index (κ1) is 18.6. The molecule has 0 atom stereocenters. The van der Waals surface area contributed by atoms with Gasteiger partial charge in [0.2, 0.25) is 11.8 Å². The van der Waals surface area contributed by atoms with Gasteiger partial charge in [0.1, 0.15) is 17.7 Å². The van der Waals surface area contributed by atoms with E-state index in [1.165, 1.54) is 6.07 Å². The summed E-state index contributed by atoms with van der Waals surface area (Å²) in [6.07, 6.45) is 5.95. The topological polar surface area (TPSA) is 78.1 Å². The molecule has 1 aromatic heterocycles. The molecule has 1 aliphatic carbocycles. The zero-order valence-corrected chi connectivity index (χ0v) is 15.1. The van der Waals surface area contributed by atoms with Crippen molar-refractivity contribution in [1.29, 1.82) is 0 Å². The smallest absolute Gasteiger partial charge is 0.217 e. The normalized spacial score (nSPS) is 19.9. The number of rotatable bonds is 6. The Bertz CT molecular complexity index is 779. The first-order chi connectivity index (χ1) is 12.5. The molecule has 1 saturated carbocycles. The summed E-state index contributed by atoms with van der Waals surface area (Å²) in [6, 6.07) is 6.26. The number of ether oxygens (including phenoxy) is 1. The highest BCUT2D eigenvalue weighted by Gasteiger charge is 2.24. The first-order valence-electron chi connectivity index (χ1n) is 8.70. The predicted molar refractivity (Wildman–Crippen MR) is 96.4 cm³/mol. The highest BCUT2D eigenvalue weighted by Crippen LogP contribution is 2.29. The van der Waals surface area contributed by atoms with Crippen LogP contribution in [-0.2, 0) is 11.2 Å². The molecule has 138 valence electrons. The van der Waals surface area contributed by atoms with Gasteiger partial charge in [-0.05, 0) is 49.3 Å².